The SMILES string of the molecule is COC(=O)NC(C(=O)N1CCC[C@H]1c1nc2c(ccc3cc(-c4ccc(-c5cnc([C@@H]6[C@H]7CC[C@H](C7)N6C(=O)OC(C)(C)C)[nH]5)cc4)ccc32)[nH]1)C(C)C. The largest absolute Gasteiger partial charge is 0.453 e. The highest BCUT2D eigenvalue weighted by molar-refractivity contribution is 6.05. The molecule has 2 bridgehead atoms. The molecule has 5 aromatic rings. The average molecular weight is 732 g/mol. The predicted molar refractivity (Wildman–Crippen MR) is 206 cm³/mol. The van der Waals surface area contributed by atoms with E-state index in [1.807, 2.05) is 56.7 Å². The van der Waals surface area contributed by atoms with Gasteiger partial charge in [0.2, 0.25) is 5.91 Å². The van der Waals surface area contributed by atoms with Gasteiger partial charge in [-0.3, -0.25) is 9.69 Å². The molecule has 2 aliphatic heterocycles. The lowest BCUT2D eigenvalue weighted by Gasteiger charge is -2.35. The van der Waals surface area contributed by atoms with E-state index in [-0.39, 0.29) is 36.0 Å². The summed E-state index contributed by atoms with van der Waals surface area (Å²) in [7, 11) is 1.30. The highest BCUT2D eigenvalue weighted by atomic mass is 16.6. The van der Waals surface area contributed by atoms with Crippen molar-refractivity contribution in [1.29, 1.82) is 0 Å². The number of aromatic nitrogens is 4. The molecule has 12 heteroatoms. The van der Waals surface area contributed by atoms with Gasteiger partial charge in [-0.1, -0.05) is 56.3 Å². The Morgan fingerprint density at radius 3 is 2.43 bits per heavy atom. The Balaban J connectivity index is 1.00. The molecule has 5 atom stereocenters. The van der Waals surface area contributed by atoms with Crippen molar-refractivity contribution in [3.8, 4) is 22.4 Å². The zero-order valence-electron chi connectivity index (χ0n) is 31.8. The van der Waals surface area contributed by atoms with E-state index < -0.39 is 17.7 Å². The number of ether oxygens (including phenoxy) is 2. The number of alkyl carbamates (subject to hydrolysis) is 1. The van der Waals surface area contributed by atoms with Crippen molar-refractivity contribution in [2.45, 2.75) is 96.5 Å². The average Bonchev–Trinajstić information content (AvgIpc) is 4.00. The second-order valence-electron chi connectivity index (χ2n) is 16.4. The van der Waals surface area contributed by atoms with Crippen LogP contribution in [0.1, 0.15) is 90.5 Å². The number of hydrogen-bond acceptors (Lipinski definition) is 7. The maximum atomic E-state index is 13.7. The first-order valence-corrected chi connectivity index (χ1v) is 19.1. The van der Waals surface area contributed by atoms with Crippen LogP contribution < -0.4 is 5.32 Å². The smallest absolute Gasteiger partial charge is 0.411 e. The summed E-state index contributed by atoms with van der Waals surface area (Å²) < 4.78 is 10.6. The Labute approximate surface area is 315 Å². The molecule has 0 spiro atoms. The molecular formula is C42H49N7O5. The third kappa shape index (κ3) is 6.56. The lowest BCUT2D eigenvalue weighted by atomic mass is 9.98. The number of hydrogen-bond donors (Lipinski definition) is 3. The fourth-order valence-electron chi connectivity index (χ4n) is 8.74. The molecule has 12 nitrogen and oxygen atoms in total. The lowest BCUT2D eigenvalue weighted by Crippen LogP contribution is -2.51. The van der Waals surface area contributed by atoms with Crippen LogP contribution in [-0.2, 0) is 14.3 Å². The molecule has 8 rings (SSSR count). The van der Waals surface area contributed by atoms with Crippen LogP contribution in [0.2, 0.25) is 0 Å². The van der Waals surface area contributed by atoms with Crippen LogP contribution >= 0.6 is 0 Å². The monoisotopic (exact) mass is 731 g/mol. The van der Waals surface area contributed by atoms with Crippen molar-refractivity contribution >= 4 is 39.9 Å². The van der Waals surface area contributed by atoms with Gasteiger partial charge in [-0.2, -0.15) is 0 Å². The fraction of sp³-hybridized carbons (Fsp3) is 0.452. The molecular weight excluding hydrogens is 683 g/mol. The van der Waals surface area contributed by atoms with Gasteiger partial charge in [-0.25, -0.2) is 19.6 Å². The maximum Gasteiger partial charge on any atom is 0.411 e. The number of fused-ring (bicyclic) bond motifs is 5. The normalized spacial score (nSPS) is 21.7. The van der Waals surface area contributed by atoms with Gasteiger partial charge in [0.25, 0.3) is 0 Å². The number of nitrogens with one attached hydrogen (secondary N) is 3. The number of likely N-dealkylation sites (tertiary alicyclic amines) is 2. The molecule has 1 unspecified atom stereocenters. The van der Waals surface area contributed by atoms with Crippen LogP contribution in [0.15, 0.2) is 60.8 Å². The minimum absolute atomic E-state index is 0.100. The van der Waals surface area contributed by atoms with Crippen LogP contribution in [0.4, 0.5) is 9.59 Å². The number of benzene rings is 3. The van der Waals surface area contributed by atoms with Crippen LogP contribution in [0.25, 0.3) is 44.2 Å². The first kappa shape index (κ1) is 35.6. The molecule has 3 N–H and O–H groups in total. The molecule has 1 saturated carbocycles. The Hall–Kier alpha value is -5.39. The summed E-state index contributed by atoms with van der Waals surface area (Å²) in [5, 5.41) is 4.82. The Bertz CT molecular complexity index is 2220. The molecule has 4 heterocycles. The van der Waals surface area contributed by atoms with E-state index in [2.05, 4.69) is 63.8 Å². The summed E-state index contributed by atoms with van der Waals surface area (Å²) in [4.78, 5) is 59.5. The van der Waals surface area contributed by atoms with Crippen molar-refractivity contribution in [2.24, 2.45) is 11.8 Å². The summed E-state index contributed by atoms with van der Waals surface area (Å²) in [6, 6.07) is 18.2. The Morgan fingerprint density at radius 2 is 1.69 bits per heavy atom. The highest BCUT2D eigenvalue weighted by Gasteiger charge is 2.51. The summed E-state index contributed by atoms with van der Waals surface area (Å²) >= 11 is 0. The van der Waals surface area contributed by atoms with Crippen molar-refractivity contribution in [3.05, 3.63) is 72.4 Å². The standard InChI is InChI=1S/C42H49N7O5/c1-23(2)34(47-40(51)53-6)39(50)48-19-7-8-33(48)37-44-31-18-15-27-20-26(14-17-30(27)35(31)46-37)24-9-11-25(12-10-24)32-22-43-38(45-32)36-28-13-16-29(21-28)49(36)41(52)54-42(3,4)5/h9-12,14-15,17-18,20,22-23,28-29,33-34,36H,7-8,13,16,19,21H2,1-6H3,(H,43,45)(H,44,46)(H,47,51)/t28-,29+,33-,34?,36-/m0/s1. The van der Waals surface area contributed by atoms with Crippen LogP contribution in [0.5, 0.6) is 0 Å². The van der Waals surface area contributed by atoms with Crippen LogP contribution in [0, 0.1) is 11.8 Å². The second kappa shape index (κ2) is 13.8. The number of carbonyl (C=O) groups excluding carboxylic acids is 3. The van der Waals surface area contributed by atoms with Gasteiger partial charge in [0.15, 0.2) is 0 Å². The van der Waals surface area contributed by atoms with E-state index in [9.17, 15) is 14.4 Å². The number of rotatable bonds is 7. The Kier molecular flexibility index (Phi) is 9.10. The highest BCUT2D eigenvalue weighted by Crippen LogP contribution is 2.50. The van der Waals surface area contributed by atoms with Gasteiger partial charge < -0.3 is 29.7 Å². The van der Waals surface area contributed by atoms with Crippen LogP contribution in [0.3, 0.4) is 0 Å². The number of amides is 3. The molecule has 1 aliphatic carbocycles. The van der Waals surface area contributed by atoms with Crippen molar-refractivity contribution in [2.75, 3.05) is 13.7 Å². The van der Waals surface area contributed by atoms with Crippen molar-refractivity contribution < 1.29 is 23.9 Å². The fourth-order valence-corrected chi connectivity index (χ4v) is 8.74. The van der Waals surface area contributed by atoms with Gasteiger partial charge in [0.05, 0.1) is 42.1 Å². The molecule has 282 valence electrons. The summed E-state index contributed by atoms with van der Waals surface area (Å²) in [5.41, 5.74) is 5.36. The number of nitrogens with zero attached hydrogens (tertiary/aromatic N) is 4. The van der Waals surface area contributed by atoms with E-state index in [1.54, 1.807) is 0 Å². The maximum absolute atomic E-state index is 13.7. The first-order valence-electron chi connectivity index (χ1n) is 19.1. The van der Waals surface area contributed by atoms with Gasteiger partial charge in [-0.05, 0) is 98.9 Å². The molecule has 3 amide bonds. The Morgan fingerprint density at radius 1 is 0.926 bits per heavy atom. The molecule has 0 radical (unpaired) electrons. The first-order chi connectivity index (χ1) is 25.9. The quantitative estimate of drug-likeness (QED) is 0.153. The second-order valence-corrected chi connectivity index (χ2v) is 16.4. The molecule has 54 heavy (non-hydrogen) atoms. The third-order valence-corrected chi connectivity index (χ3v) is 11.3. The number of carbonyl (C=O) groups is 3. The van der Waals surface area contributed by atoms with Gasteiger partial charge in [0.1, 0.15) is 23.3 Å². The summed E-state index contributed by atoms with van der Waals surface area (Å²) in [6.45, 7) is 10.1. The van der Waals surface area contributed by atoms with E-state index in [1.165, 1.54) is 7.11 Å². The molecule has 2 saturated heterocycles. The molecule has 3 aliphatic rings. The zero-order valence-corrected chi connectivity index (χ0v) is 31.8. The lowest BCUT2D eigenvalue weighted by molar-refractivity contribution is -0.135. The minimum atomic E-state index is -0.684. The number of aromatic amines is 2. The summed E-state index contributed by atoms with van der Waals surface area (Å²) in [6.07, 6.45) is 5.73. The summed E-state index contributed by atoms with van der Waals surface area (Å²) in [5.74, 6) is 1.72. The number of H-pyrrole nitrogens is 2. The molecule has 3 aromatic carbocycles. The van der Waals surface area contributed by atoms with Crippen LogP contribution in [-0.4, -0.2) is 79.2 Å². The van der Waals surface area contributed by atoms with E-state index >= 15 is 0 Å². The number of piperidine rings is 1. The van der Waals surface area contributed by atoms with E-state index in [0.29, 0.717) is 12.5 Å². The number of imidazole rings is 2. The van der Waals surface area contributed by atoms with Crippen molar-refractivity contribution in [1.82, 2.24) is 35.1 Å². The molecule has 3 fully saturated rings. The van der Waals surface area contributed by atoms with Crippen molar-refractivity contribution in [3.63, 3.8) is 0 Å². The topological polar surface area (TPSA) is 146 Å². The van der Waals surface area contributed by atoms with E-state index in [0.717, 1.165) is 87.9 Å². The van der Waals surface area contributed by atoms with Gasteiger partial charge >= 0.3 is 12.2 Å². The predicted octanol–water partition coefficient (Wildman–Crippen LogP) is 8.28. The van der Waals surface area contributed by atoms with Gasteiger partial charge in [-0.15, -0.1) is 0 Å². The third-order valence-electron chi connectivity index (χ3n) is 11.3. The number of methoxy groups -OCH3 is 1. The molecule has 2 aromatic heterocycles. The minimum Gasteiger partial charge on any atom is -0.453 e. The zero-order chi connectivity index (χ0) is 37.9. The van der Waals surface area contributed by atoms with E-state index in [4.69, 9.17) is 19.4 Å². The van der Waals surface area contributed by atoms with Gasteiger partial charge in [0, 0.05) is 18.0 Å².